The first-order valence-electron chi connectivity index (χ1n) is 11.3. The van der Waals surface area contributed by atoms with Crippen LogP contribution in [-0.4, -0.2) is 36.2 Å². The molecule has 2 saturated carbocycles. The lowest BCUT2D eigenvalue weighted by molar-refractivity contribution is -0.153. The zero-order chi connectivity index (χ0) is 20.9. The summed E-state index contributed by atoms with van der Waals surface area (Å²) in [5.41, 5.74) is 2.47. The van der Waals surface area contributed by atoms with E-state index < -0.39 is 5.60 Å². The van der Waals surface area contributed by atoms with Gasteiger partial charge in [-0.3, -0.25) is 4.79 Å². The van der Waals surface area contributed by atoms with E-state index in [4.69, 9.17) is 4.74 Å². The van der Waals surface area contributed by atoms with Crippen molar-refractivity contribution in [1.29, 1.82) is 0 Å². The van der Waals surface area contributed by atoms with E-state index in [2.05, 4.69) is 54.0 Å². The molecule has 0 amide bonds. The van der Waals surface area contributed by atoms with Gasteiger partial charge in [0.1, 0.15) is 5.60 Å². The van der Waals surface area contributed by atoms with E-state index in [1.54, 1.807) is 5.57 Å². The molecule has 0 spiro atoms. The van der Waals surface area contributed by atoms with E-state index in [1.807, 2.05) is 20.8 Å². The maximum atomic E-state index is 11.9. The Morgan fingerprint density at radius 3 is 2.38 bits per heavy atom. The minimum atomic E-state index is -0.409. The van der Waals surface area contributed by atoms with Gasteiger partial charge in [-0.2, -0.15) is 0 Å². The highest BCUT2D eigenvalue weighted by molar-refractivity contribution is 5.72. The predicted octanol–water partition coefficient (Wildman–Crippen LogP) is 4.70. The van der Waals surface area contributed by atoms with Crippen molar-refractivity contribution in [2.75, 3.05) is 6.54 Å². The third-order valence-electron chi connectivity index (χ3n) is 5.96. The Bertz CT molecular complexity index is 685. The highest BCUT2D eigenvalue weighted by Crippen LogP contribution is 2.40. The molecule has 0 aromatic heterocycles. The van der Waals surface area contributed by atoms with Crippen LogP contribution in [-0.2, 0) is 9.53 Å². The fraction of sp³-hybridized carbons (Fsp3) is 0.640. The van der Waals surface area contributed by atoms with E-state index in [-0.39, 0.29) is 5.97 Å². The molecular weight excluding hydrogens is 360 g/mol. The normalized spacial score (nSPS) is 27.5. The van der Waals surface area contributed by atoms with Gasteiger partial charge in [0, 0.05) is 18.1 Å². The molecule has 0 radical (unpaired) electrons. The molecule has 4 heteroatoms. The molecule has 2 atom stereocenters. The summed E-state index contributed by atoms with van der Waals surface area (Å²) in [6, 6.07) is 12.3. The average Bonchev–Trinajstić information content (AvgIpc) is 3.44. The molecule has 2 N–H and O–H groups in total. The quantitative estimate of drug-likeness (QED) is 0.623. The number of hydrogen-bond acceptors (Lipinski definition) is 4. The number of hydrogen-bond donors (Lipinski definition) is 2. The molecule has 4 nitrogen and oxygen atoms in total. The van der Waals surface area contributed by atoms with Gasteiger partial charge in [-0.15, -0.1) is 0 Å². The molecule has 29 heavy (non-hydrogen) atoms. The Morgan fingerprint density at radius 2 is 1.76 bits per heavy atom. The molecule has 160 valence electrons. The Morgan fingerprint density at radius 1 is 1.10 bits per heavy atom. The van der Waals surface area contributed by atoms with Gasteiger partial charge in [0.05, 0.1) is 6.54 Å². The first-order chi connectivity index (χ1) is 13.8. The molecule has 2 fully saturated rings. The van der Waals surface area contributed by atoms with Crippen LogP contribution in [0.25, 0.3) is 6.08 Å². The minimum Gasteiger partial charge on any atom is -0.459 e. The van der Waals surface area contributed by atoms with Crippen LogP contribution in [0, 0.1) is 5.92 Å². The van der Waals surface area contributed by atoms with Gasteiger partial charge in [0.25, 0.3) is 0 Å². The molecule has 0 unspecified atom stereocenters. The van der Waals surface area contributed by atoms with Crippen LogP contribution in [0.1, 0.15) is 71.8 Å². The van der Waals surface area contributed by atoms with Crippen molar-refractivity contribution in [2.45, 2.75) is 89.9 Å². The average molecular weight is 399 g/mol. The van der Waals surface area contributed by atoms with Gasteiger partial charge >= 0.3 is 5.97 Å². The molecule has 2 aliphatic rings. The standard InChI is InChI=1S/C25H38N2O2/c1-5-19(15-18-9-7-6-8-10-18)22-16-23(22)27-21-13-11-20(12-14-21)26-17-24(28)29-25(2,3)4/h6-10,15,20-23,26-27H,5,11-14,16-17H2,1-4H3/b19-15+/t20?,21?,22-,23+/m0/s1. The largest absolute Gasteiger partial charge is 0.459 e. The van der Waals surface area contributed by atoms with Crippen LogP contribution >= 0.6 is 0 Å². The van der Waals surface area contributed by atoms with Gasteiger partial charge in [0.15, 0.2) is 0 Å². The number of benzene rings is 1. The Kier molecular flexibility index (Phi) is 7.53. The van der Waals surface area contributed by atoms with Gasteiger partial charge in [-0.1, -0.05) is 48.9 Å². The van der Waals surface area contributed by atoms with Gasteiger partial charge in [-0.05, 0) is 70.8 Å². The smallest absolute Gasteiger partial charge is 0.320 e. The summed E-state index contributed by atoms with van der Waals surface area (Å²) >= 11 is 0. The van der Waals surface area contributed by atoms with Gasteiger partial charge < -0.3 is 15.4 Å². The van der Waals surface area contributed by atoms with Crippen molar-refractivity contribution in [1.82, 2.24) is 10.6 Å². The van der Waals surface area contributed by atoms with E-state index in [0.29, 0.717) is 30.6 Å². The summed E-state index contributed by atoms with van der Waals surface area (Å²) in [7, 11) is 0. The van der Waals surface area contributed by atoms with Crippen LogP contribution in [0.2, 0.25) is 0 Å². The molecule has 2 aliphatic carbocycles. The first-order valence-corrected chi connectivity index (χ1v) is 11.3. The molecule has 0 bridgehead atoms. The summed E-state index contributed by atoms with van der Waals surface area (Å²) in [5, 5.41) is 7.29. The molecular formula is C25H38N2O2. The lowest BCUT2D eigenvalue weighted by Gasteiger charge is -2.30. The fourth-order valence-electron chi connectivity index (χ4n) is 4.40. The van der Waals surface area contributed by atoms with Crippen molar-refractivity contribution in [3.05, 3.63) is 41.5 Å². The van der Waals surface area contributed by atoms with E-state index in [9.17, 15) is 4.79 Å². The second kappa shape index (κ2) is 9.90. The molecule has 1 aromatic carbocycles. The summed E-state index contributed by atoms with van der Waals surface area (Å²) in [5.74, 6) is 0.541. The second-order valence-electron chi connectivity index (χ2n) is 9.61. The van der Waals surface area contributed by atoms with Crippen molar-refractivity contribution >= 4 is 12.0 Å². The number of esters is 1. The monoisotopic (exact) mass is 398 g/mol. The van der Waals surface area contributed by atoms with Crippen LogP contribution in [0.4, 0.5) is 0 Å². The summed E-state index contributed by atoms with van der Waals surface area (Å²) in [4.78, 5) is 11.9. The topological polar surface area (TPSA) is 50.4 Å². The Labute approximate surface area is 176 Å². The number of carbonyl (C=O) groups excluding carboxylic acids is 1. The maximum Gasteiger partial charge on any atom is 0.320 e. The minimum absolute atomic E-state index is 0.157. The number of nitrogens with one attached hydrogen (secondary N) is 2. The van der Waals surface area contributed by atoms with Crippen molar-refractivity contribution in [2.24, 2.45) is 5.92 Å². The zero-order valence-electron chi connectivity index (χ0n) is 18.5. The van der Waals surface area contributed by atoms with Crippen LogP contribution in [0.15, 0.2) is 35.9 Å². The highest BCUT2D eigenvalue weighted by atomic mass is 16.6. The Balaban J connectivity index is 1.37. The van der Waals surface area contributed by atoms with E-state index >= 15 is 0 Å². The van der Waals surface area contributed by atoms with Gasteiger partial charge in [0.2, 0.25) is 0 Å². The Hall–Kier alpha value is -1.65. The fourth-order valence-corrected chi connectivity index (χ4v) is 4.40. The number of ether oxygens (including phenoxy) is 1. The summed E-state index contributed by atoms with van der Waals surface area (Å²) in [6.45, 7) is 8.31. The SMILES string of the molecule is CC/C(=C\c1ccccc1)[C@@H]1C[C@H]1NC1CCC(NCC(=O)OC(C)(C)C)CC1. The predicted molar refractivity (Wildman–Crippen MR) is 120 cm³/mol. The molecule has 0 aliphatic heterocycles. The third-order valence-corrected chi connectivity index (χ3v) is 5.96. The second-order valence-corrected chi connectivity index (χ2v) is 9.61. The highest BCUT2D eigenvalue weighted by Gasteiger charge is 2.40. The number of rotatable bonds is 8. The van der Waals surface area contributed by atoms with E-state index in [1.165, 1.54) is 24.8 Å². The zero-order valence-corrected chi connectivity index (χ0v) is 18.5. The third kappa shape index (κ3) is 7.27. The maximum absolute atomic E-state index is 11.9. The van der Waals surface area contributed by atoms with Gasteiger partial charge in [-0.25, -0.2) is 0 Å². The molecule has 1 aromatic rings. The molecule has 0 heterocycles. The van der Waals surface area contributed by atoms with Crippen LogP contribution < -0.4 is 10.6 Å². The lowest BCUT2D eigenvalue weighted by Crippen LogP contribution is -2.43. The first kappa shape index (κ1) is 22.0. The molecule has 3 rings (SSSR count). The van der Waals surface area contributed by atoms with Crippen LogP contribution in [0.3, 0.4) is 0 Å². The van der Waals surface area contributed by atoms with Crippen molar-refractivity contribution < 1.29 is 9.53 Å². The van der Waals surface area contributed by atoms with Crippen molar-refractivity contribution in [3.63, 3.8) is 0 Å². The van der Waals surface area contributed by atoms with Crippen LogP contribution in [0.5, 0.6) is 0 Å². The lowest BCUT2D eigenvalue weighted by atomic mass is 9.91. The summed E-state index contributed by atoms with van der Waals surface area (Å²) in [6.07, 6.45) is 9.38. The van der Waals surface area contributed by atoms with E-state index in [0.717, 1.165) is 19.3 Å². The molecule has 0 saturated heterocycles. The number of carbonyl (C=O) groups is 1. The summed E-state index contributed by atoms with van der Waals surface area (Å²) < 4.78 is 5.38. The van der Waals surface area contributed by atoms with Crippen molar-refractivity contribution in [3.8, 4) is 0 Å².